The maximum absolute atomic E-state index is 13.2. The first kappa shape index (κ1) is 21.1. The lowest BCUT2D eigenvalue weighted by atomic mass is 9.68. The second kappa shape index (κ2) is 8.15. The molecule has 1 heterocycles. The number of rotatable bonds is 5. The molecule has 0 atom stereocenters. The van der Waals surface area contributed by atoms with Crippen molar-refractivity contribution in [1.29, 1.82) is 0 Å². The summed E-state index contributed by atoms with van der Waals surface area (Å²) in [5.41, 5.74) is 0.727. The number of para-hydroxylation sites is 1. The minimum absolute atomic E-state index is 0.185. The molecule has 1 aliphatic heterocycles. The molecule has 0 bridgehead atoms. The number of carbonyl (C=O) groups excluding carboxylic acids is 3. The third kappa shape index (κ3) is 3.81. The van der Waals surface area contributed by atoms with Crippen molar-refractivity contribution in [3.63, 3.8) is 0 Å². The predicted molar refractivity (Wildman–Crippen MR) is 118 cm³/mol. The van der Waals surface area contributed by atoms with Gasteiger partial charge in [-0.05, 0) is 57.5 Å². The molecule has 4 rings (SSSR count). The smallest absolute Gasteiger partial charge is 0.325 e. The number of carbonyl (C=O) groups is 3. The molecule has 2 aromatic rings. The standard InChI is InChI=1S/C24H28N4O3/c1-27(2)24(18-9-5-3-6-10-18)15-13-23(14-16-24)21(30)28(22(31)26-23)17-20(29)25-19-11-7-4-8-12-19/h3-12H,13-17H2,1-2H3,(H,25,29)(H,26,31)/t23-,24+. The minimum atomic E-state index is -0.932. The Bertz CT molecular complexity index is 967. The van der Waals surface area contributed by atoms with Gasteiger partial charge in [-0.15, -0.1) is 0 Å². The highest BCUT2D eigenvalue weighted by Gasteiger charge is 2.56. The van der Waals surface area contributed by atoms with Gasteiger partial charge in [0.05, 0.1) is 0 Å². The van der Waals surface area contributed by atoms with Crippen molar-refractivity contribution < 1.29 is 14.4 Å². The van der Waals surface area contributed by atoms with Gasteiger partial charge in [0.2, 0.25) is 5.91 Å². The van der Waals surface area contributed by atoms with Crippen molar-refractivity contribution in [2.45, 2.75) is 36.8 Å². The molecule has 1 saturated carbocycles. The fourth-order valence-corrected chi connectivity index (χ4v) is 4.86. The van der Waals surface area contributed by atoms with Crippen LogP contribution in [0.4, 0.5) is 10.5 Å². The number of imide groups is 1. The molecular formula is C24H28N4O3. The highest BCUT2D eigenvalue weighted by molar-refractivity contribution is 6.10. The maximum atomic E-state index is 13.2. The van der Waals surface area contributed by atoms with Crippen LogP contribution in [0, 0.1) is 0 Å². The molecule has 0 radical (unpaired) electrons. The number of benzene rings is 2. The van der Waals surface area contributed by atoms with Crippen LogP contribution in [-0.4, -0.2) is 53.8 Å². The van der Waals surface area contributed by atoms with Crippen molar-refractivity contribution >= 4 is 23.5 Å². The summed E-state index contributed by atoms with van der Waals surface area (Å²) in [6, 6.07) is 18.8. The van der Waals surface area contributed by atoms with E-state index in [9.17, 15) is 14.4 Å². The largest absolute Gasteiger partial charge is 0.325 e. The van der Waals surface area contributed by atoms with E-state index in [-0.39, 0.29) is 18.0 Å². The molecule has 7 nitrogen and oxygen atoms in total. The van der Waals surface area contributed by atoms with E-state index in [1.165, 1.54) is 5.56 Å². The zero-order valence-electron chi connectivity index (χ0n) is 17.9. The Morgan fingerprint density at radius 2 is 1.55 bits per heavy atom. The van der Waals surface area contributed by atoms with E-state index in [4.69, 9.17) is 0 Å². The van der Waals surface area contributed by atoms with Crippen LogP contribution in [0.3, 0.4) is 0 Å². The Morgan fingerprint density at radius 3 is 2.13 bits per heavy atom. The number of hydrogen-bond acceptors (Lipinski definition) is 4. The molecule has 1 saturated heterocycles. The molecule has 0 unspecified atom stereocenters. The van der Waals surface area contributed by atoms with E-state index in [0.717, 1.165) is 17.7 Å². The highest BCUT2D eigenvalue weighted by Crippen LogP contribution is 2.46. The monoisotopic (exact) mass is 420 g/mol. The normalized spacial score (nSPS) is 25.7. The Kier molecular flexibility index (Phi) is 5.54. The molecule has 0 aromatic heterocycles. The van der Waals surface area contributed by atoms with Crippen molar-refractivity contribution in [2.24, 2.45) is 0 Å². The fraction of sp³-hybridized carbons (Fsp3) is 0.375. The number of anilines is 1. The average Bonchev–Trinajstić information content (AvgIpc) is 2.99. The van der Waals surface area contributed by atoms with E-state index < -0.39 is 17.5 Å². The molecule has 2 fully saturated rings. The van der Waals surface area contributed by atoms with Crippen LogP contribution in [0.25, 0.3) is 0 Å². The van der Waals surface area contributed by atoms with E-state index in [2.05, 4.69) is 41.8 Å². The van der Waals surface area contributed by atoms with Crippen LogP contribution < -0.4 is 10.6 Å². The number of amides is 4. The van der Waals surface area contributed by atoms with Gasteiger partial charge >= 0.3 is 6.03 Å². The lowest BCUT2D eigenvalue weighted by Gasteiger charge is -2.48. The molecule has 2 aliphatic rings. The van der Waals surface area contributed by atoms with Gasteiger partial charge in [0.1, 0.15) is 12.1 Å². The molecule has 1 aliphatic carbocycles. The summed E-state index contributed by atoms with van der Waals surface area (Å²) in [5, 5.41) is 5.64. The van der Waals surface area contributed by atoms with E-state index >= 15 is 0 Å². The van der Waals surface area contributed by atoms with Gasteiger partial charge in [-0.3, -0.25) is 19.4 Å². The maximum Gasteiger partial charge on any atom is 0.325 e. The molecule has 7 heteroatoms. The van der Waals surface area contributed by atoms with Crippen molar-refractivity contribution in [3.8, 4) is 0 Å². The van der Waals surface area contributed by atoms with E-state index in [1.807, 2.05) is 36.4 Å². The van der Waals surface area contributed by atoms with Crippen LogP contribution in [-0.2, 0) is 15.1 Å². The molecule has 2 N–H and O–H groups in total. The van der Waals surface area contributed by atoms with Crippen LogP contribution in [0.5, 0.6) is 0 Å². The van der Waals surface area contributed by atoms with Gasteiger partial charge in [0.25, 0.3) is 5.91 Å². The molecule has 162 valence electrons. The third-order valence-electron chi connectivity index (χ3n) is 6.70. The van der Waals surface area contributed by atoms with Gasteiger partial charge in [0.15, 0.2) is 0 Å². The molecule has 1 spiro atoms. The first-order chi connectivity index (χ1) is 14.9. The van der Waals surface area contributed by atoms with Gasteiger partial charge < -0.3 is 10.6 Å². The second-order valence-corrected chi connectivity index (χ2v) is 8.61. The van der Waals surface area contributed by atoms with Crippen LogP contribution in [0.1, 0.15) is 31.2 Å². The van der Waals surface area contributed by atoms with Gasteiger partial charge in [-0.2, -0.15) is 0 Å². The van der Waals surface area contributed by atoms with Crippen LogP contribution >= 0.6 is 0 Å². The van der Waals surface area contributed by atoms with E-state index in [1.54, 1.807) is 12.1 Å². The molecule has 31 heavy (non-hydrogen) atoms. The third-order valence-corrected chi connectivity index (χ3v) is 6.70. The zero-order valence-corrected chi connectivity index (χ0v) is 17.9. The summed E-state index contributed by atoms with van der Waals surface area (Å²) in [4.78, 5) is 41.5. The van der Waals surface area contributed by atoms with E-state index in [0.29, 0.717) is 18.5 Å². The lowest BCUT2D eigenvalue weighted by Crippen LogP contribution is -2.55. The summed E-state index contributed by atoms with van der Waals surface area (Å²) >= 11 is 0. The van der Waals surface area contributed by atoms with Crippen molar-refractivity contribution in [1.82, 2.24) is 15.1 Å². The number of nitrogens with one attached hydrogen (secondary N) is 2. The summed E-state index contributed by atoms with van der Waals surface area (Å²) in [5.74, 6) is -0.699. The fourth-order valence-electron chi connectivity index (χ4n) is 4.86. The summed E-state index contributed by atoms with van der Waals surface area (Å²) in [6.07, 6.45) is 2.53. The first-order valence-electron chi connectivity index (χ1n) is 10.6. The highest BCUT2D eigenvalue weighted by atomic mass is 16.2. The molecule has 4 amide bonds. The average molecular weight is 421 g/mol. The summed E-state index contributed by atoms with van der Waals surface area (Å²) in [7, 11) is 4.11. The SMILES string of the molecule is CN(C)[C@]1(c2ccccc2)CC[C@@]2(CC1)NC(=O)N(CC(=O)Nc1ccccc1)C2=O. The Morgan fingerprint density at radius 1 is 0.968 bits per heavy atom. The summed E-state index contributed by atoms with van der Waals surface area (Å²) in [6.45, 7) is -0.293. The predicted octanol–water partition coefficient (Wildman–Crippen LogP) is 2.95. The first-order valence-corrected chi connectivity index (χ1v) is 10.6. The Labute approximate surface area is 182 Å². The van der Waals surface area contributed by atoms with Crippen LogP contribution in [0.2, 0.25) is 0 Å². The number of nitrogens with zero attached hydrogens (tertiary/aromatic N) is 2. The number of hydrogen-bond donors (Lipinski definition) is 2. The zero-order chi connectivity index (χ0) is 22.1. The van der Waals surface area contributed by atoms with Crippen LogP contribution in [0.15, 0.2) is 60.7 Å². The minimum Gasteiger partial charge on any atom is -0.325 e. The lowest BCUT2D eigenvalue weighted by molar-refractivity contribution is -0.135. The Hall–Kier alpha value is -3.19. The Balaban J connectivity index is 1.47. The molecule has 2 aromatic carbocycles. The number of urea groups is 1. The topological polar surface area (TPSA) is 81.8 Å². The summed E-state index contributed by atoms with van der Waals surface area (Å²) < 4.78 is 0. The van der Waals surface area contributed by atoms with Gasteiger partial charge in [-0.1, -0.05) is 48.5 Å². The quantitative estimate of drug-likeness (QED) is 0.729. The molecular weight excluding hydrogens is 392 g/mol. The van der Waals surface area contributed by atoms with Crippen molar-refractivity contribution in [3.05, 3.63) is 66.2 Å². The second-order valence-electron chi connectivity index (χ2n) is 8.61. The van der Waals surface area contributed by atoms with Crippen molar-refractivity contribution in [2.75, 3.05) is 26.0 Å². The van der Waals surface area contributed by atoms with Gasteiger partial charge in [-0.25, -0.2) is 4.79 Å². The van der Waals surface area contributed by atoms with Gasteiger partial charge in [0, 0.05) is 11.2 Å².